The lowest BCUT2D eigenvalue weighted by molar-refractivity contribution is -0.140. The predicted octanol–water partition coefficient (Wildman–Crippen LogP) is 4.53. The van der Waals surface area contributed by atoms with E-state index >= 15 is 0 Å². The maximum Gasteiger partial charge on any atom is 0.419 e. The van der Waals surface area contributed by atoms with Gasteiger partial charge in [-0.15, -0.1) is 0 Å². The Hall–Kier alpha value is -2.66. The summed E-state index contributed by atoms with van der Waals surface area (Å²) in [7, 11) is -3.95. The van der Waals surface area contributed by atoms with E-state index in [1.165, 1.54) is 22.5 Å². The zero-order valence-corrected chi connectivity index (χ0v) is 17.9. The summed E-state index contributed by atoms with van der Waals surface area (Å²) >= 11 is 0. The highest BCUT2D eigenvalue weighted by Gasteiger charge is 2.34. The van der Waals surface area contributed by atoms with Crippen LogP contribution in [0.3, 0.4) is 0 Å². The van der Waals surface area contributed by atoms with Gasteiger partial charge in [0.1, 0.15) is 16.5 Å². The van der Waals surface area contributed by atoms with Crippen molar-refractivity contribution < 1.29 is 35.5 Å². The Morgan fingerprint density at radius 1 is 1.06 bits per heavy atom. The zero-order chi connectivity index (χ0) is 23.4. The Bertz CT molecular complexity index is 1050. The lowest BCUT2D eigenvalue weighted by Gasteiger charge is -2.21. The maximum atomic E-state index is 13.5. The van der Waals surface area contributed by atoms with Crippen molar-refractivity contribution in [1.29, 1.82) is 0 Å². The van der Waals surface area contributed by atoms with Gasteiger partial charge in [-0.1, -0.05) is 13.8 Å². The highest BCUT2D eigenvalue weighted by molar-refractivity contribution is 7.89. The molecular formula is C20H22F4N2O4S. The van der Waals surface area contributed by atoms with Crippen molar-refractivity contribution in [2.24, 2.45) is 0 Å². The summed E-state index contributed by atoms with van der Waals surface area (Å²) < 4.78 is 84.7. The van der Waals surface area contributed by atoms with E-state index < -0.39 is 39.1 Å². The second-order valence-corrected chi connectivity index (χ2v) is 8.24. The molecule has 0 aliphatic carbocycles. The summed E-state index contributed by atoms with van der Waals surface area (Å²) in [6.07, 6.45) is -4.97. The summed E-state index contributed by atoms with van der Waals surface area (Å²) in [6, 6.07) is 5.73. The number of rotatable bonds is 8. The van der Waals surface area contributed by atoms with Crippen LogP contribution in [0.25, 0.3) is 0 Å². The van der Waals surface area contributed by atoms with Gasteiger partial charge in [0.25, 0.3) is 5.91 Å². The van der Waals surface area contributed by atoms with E-state index in [1.807, 2.05) is 0 Å². The molecule has 1 N–H and O–H groups in total. The molecule has 0 unspecified atom stereocenters. The van der Waals surface area contributed by atoms with Gasteiger partial charge in [0.15, 0.2) is 0 Å². The largest absolute Gasteiger partial charge is 0.492 e. The molecule has 1 amide bonds. The Labute approximate surface area is 177 Å². The predicted molar refractivity (Wildman–Crippen MR) is 107 cm³/mol. The van der Waals surface area contributed by atoms with E-state index in [4.69, 9.17) is 4.74 Å². The Morgan fingerprint density at radius 3 is 2.26 bits per heavy atom. The normalized spacial score (nSPS) is 12.1. The quantitative estimate of drug-likeness (QED) is 0.585. The number of carbonyl (C=O) groups excluding carboxylic acids is 1. The fourth-order valence-electron chi connectivity index (χ4n) is 2.85. The summed E-state index contributed by atoms with van der Waals surface area (Å²) in [5.41, 5.74) is -1.98. The Kier molecular flexibility index (Phi) is 7.66. The lowest BCUT2D eigenvalue weighted by atomic mass is 10.1. The van der Waals surface area contributed by atoms with Crippen molar-refractivity contribution in [3.8, 4) is 5.75 Å². The summed E-state index contributed by atoms with van der Waals surface area (Å²) in [4.78, 5) is 12.2. The van der Waals surface area contributed by atoms with Crippen molar-refractivity contribution in [2.75, 3.05) is 25.0 Å². The smallest absolute Gasteiger partial charge is 0.419 e. The van der Waals surface area contributed by atoms with E-state index in [2.05, 4.69) is 5.32 Å². The number of hydrogen-bond donors (Lipinski definition) is 1. The van der Waals surface area contributed by atoms with Gasteiger partial charge >= 0.3 is 6.18 Å². The second kappa shape index (κ2) is 9.65. The molecule has 0 aliphatic heterocycles. The molecule has 6 nitrogen and oxygen atoms in total. The number of hydrogen-bond acceptors (Lipinski definition) is 4. The zero-order valence-electron chi connectivity index (χ0n) is 17.1. The lowest BCUT2D eigenvalue weighted by Crippen LogP contribution is -2.31. The van der Waals surface area contributed by atoms with Crippen molar-refractivity contribution in [1.82, 2.24) is 4.31 Å². The molecule has 0 aliphatic rings. The van der Waals surface area contributed by atoms with Crippen LogP contribution < -0.4 is 10.1 Å². The van der Waals surface area contributed by atoms with Gasteiger partial charge in [-0.3, -0.25) is 4.79 Å². The molecule has 0 spiro atoms. The molecule has 0 fully saturated rings. The highest BCUT2D eigenvalue weighted by atomic mass is 32.2. The molecule has 2 aromatic carbocycles. The standard InChI is InChI=1S/C20H22F4N2O4S/c1-4-26(5-2)31(28,29)18-12-14(8-10-17(18)30-6-3)25-19(27)13-7-9-16(21)15(11-13)20(22,23)24/h7-12H,4-6H2,1-3H3,(H,25,27). The first kappa shape index (κ1) is 24.6. The molecule has 11 heteroatoms. The second-order valence-electron chi connectivity index (χ2n) is 6.33. The first-order valence-corrected chi connectivity index (χ1v) is 10.8. The van der Waals surface area contributed by atoms with E-state index in [0.717, 1.165) is 6.07 Å². The van der Waals surface area contributed by atoms with Crippen LogP contribution in [0, 0.1) is 5.82 Å². The fourth-order valence-corrected chi connectivity index (χ4v) is 4.47. The van der Waals surface area contributed by atoms with Crippen molar-refractivity contribution in [3.63, 3.8) is 0 Å². The third kappa shape index (κ3) is 5.53. The van der Waals surface area contributed by atoms with Crippen molar-refractivity contribution in [3.05, 3.63) is 53.3 Å². The number of benzene rings is 2. The summed E-state index contributed by atoms with van der Waals surface area (Å²) in [5.74, 6) is -2.38. The number of amides is 1. The number of alkyl halides is 3. The van der Waals surface area contributed by atoms with E-state index in [9.17, 15) is 30.8 Å². The number of nitrogens with one attached hydrogen (secondary N) is 1. The number of anilines is 1. The summed E-state index contributed by atoms with van der Waals surface area (Å²) in [5, 5.41) is 2.35. The molecule has 2 aromatic rings. The molecule has 170 valence electrons. The van der Waals surface area contributed by atoms with Gasteiger partial charge in [-0.05, 0) is 43.3 Å². The summed E-state index contributed by atoms with van der Waals surface area (Å²) in [6.45, 7) is 5.62. The monoisotopic (exact) mass is 462 g/mol. The fraction of sp³-hybridized carbons (Fsp3) is 0.350. The molecule has 0 saturated heterocycles. The SMILES string of the molecule is CCOc1ccc(NC(=O)c2ccc(F)c(C(F)(F)F)c2)cc1S(=O)(=O)N(CC)CC. The van der Waals surface area contributed by atoms with Crippen LogP contribution in [0.15, 0.2) is 41.3 Å². The molecule has 31 heavy (non-hydrogen) atoms. The molecule has 0 aromatic heterocycles. The molecule has 0 heterocycles. The van der Waals surface area contributed by atoms with E-state index in [0.29, 0.717) is 12.1 Å². The molecular weight excluding hydrogens is 440 g/mol. The average Bonchev–Trinajstić information content (AvgIpc) is 2.69. The van der Waals surface area contributed by atoms with Gasteiger partial charge in [-0.25, -0.2) is 12.8 Å². The van der Waals surface area contributed by atoms with E-state index in [-0.39, 0.29) is 36.0 Å². The Balaban J connectivity index is 2.44. The van der Waals surface area contributed by atoms with Crippen LogP contribution in [0.5, 0.6) is 5.75 Å². The van der Waals surface area contributed by atoms with Gasteiger partial charge in [0.2, 0.25) is 10.0 Å². The number of halogens is 4. The number of nitrogens with zero attached hydrogens (tertiary/aromatic N) is 1. The molecule has 0 atom stereocenters. The molecule has 0 radical (unpaired) electrons. The first-order valence-electron chi connectivity index (χ1n) is 9.40. The van der Waals surface area contributed by atoms with Crippen molar-refractivity contribution >= 4 is 21.6 Å². The van der Waals surface area contributed by atoms with E-state index in [1.54, 1.807) is 20.8 Å². The molecule has 0 saturated carbocycles. The minimum absolute atomic E-state index is 0.0251. The average molecular weight is 462 g/mol. The van der Waals surface area contributed by atoms with Gasteiger partial charge in [0.05, 0.1) is 12.2 Å². The van der Waals surface area contributed by atoms with Gasteiger partial charge in [-0.2, -0.15) is 17.5 Å². The van der Waals surface area contributed by atoms with Crippen LogP contribution in [0.2, 0.25) is 0 Å². The molecule has 2 rings (SSSR count). The van der Waals surface area contributed by atoms with Crippen LogP contribution in [-0.2, 0) is 16.2 Å². The third-order valence-electron chi connectivity index (χ3n) is 4.36. The van der Waals surface area contributed by atoms with Gasteiger partial charge in [0, 0.05) is 24.3 Å². The maximum absolute atomic E-state index is 13.5. The first-order chi connectivity index (χ1) is 14.4. The van der Waals surface area contributed by atoms with Crippen LogP contribution in [-0.4, -0.2) is 38.3 Å². The van der Waals surface area contributed by atoms with Crippen LogP contribution in [0.4, 0.5) is 23.2 Å². The minimum atomic E-state index is -4.97. The topological polar surface area (TPSA) is 75.7 Å². The minimum Gasteiger partial charge on any atom is -0.492 e. The van der Waals surface area contributed by atoms with Crippen LogP contribution >= 0.6 is 0 Å². The Morgan fingerprint density at radius 2 is 1.71 bits per heavy atom. The highest BCUT2D eigenvalue weighted by Crippen LogP contribution is 2.33. The van der Waals surface area contributed by atoms with Crippen molar-refractivity contribution in [2.45, 2.75) is 31.8 Å². The molecule has 0 bridgehead atoms. The number of carbonyl (C=O) groups is 1. The van der Waals surface area contributed by atoms with Gasteiger partial charge < -0.3 is 10.1 Å². The number of ether oxygens (including phenoxy) is 1. The third-order valence-corrected chi connectivity index (χ3v) is 6.43. The van der Waals surface area contributed by atoms with Crippen LogP contribution in [0.1, 0.15) is 36.7 Å². The number of sulfonamides is 1.